The van der Waals surface area contributed by atoms with Gasteiger partial charge >= 0.3 is 6.18 Å². The Morgan fingerprint density at radius 1 is 1.47 bits per heavy atom. The van der Waals surface area contributed by atoms with Gasteiger partial charge in [0, 0.05) is 0 Å². The minimum Gasteiger partial charge on any atom is -0.487 e. The molecule has 1 aromatic rings. The molecular formula is C9H10F3NO2. The number of hydrogen-bond acceptors (Lipinski definition) is 3. The van der Waals surface area contributed by atoms with Crippen molar-refractivity contribution in [1.82, 2.24) is 4.98 Å². The van der Waals surface area contributed by atoms with E-state index in [1.165, 1.54) is 6.07 Å². The summed E-state index contributed by atoms with van der Waals surface area (Å²) in [6, 6.07) is 2.00. The van der Waals surface area contributed by atoms with Crippen LogP contribution in [0.4, 0.5) is 13.2 Å². The molecule has 0 saturated heterocycles. The minimum absolute atomic E-state index is 0.199. The SMILES string of the molecule is CC(CO)Oc1ccc(C(F)(F)F)nc1. The minimum atomic E-state index is -4.44. The molecule has 0 aromatic carbocycles. The molecule has 3 nitrogen and oxygen atoms in total. The summed E-state index contributed by atoms with van der Waals surface area (Å²) in [7, 11) is 0. The van der Waals surface area contributed by atoms with Gasteiger partial charge in [0.25, 0.3) is 0 Å². The largest absolute Gasteiger partial charge is 0.487 e. The maximum Gasteiger partial charge on any atom is 0.433 e. The van der Waals surface area contributed by atoms with E-state index < -0.39 is 18.0 Å². The van der Waals surface area contributed by atoms with Crippen LogP contribution in [0.1, 0.15) is 12.6 Å². The maximum atomic E-state index is 12.1. The normalized spacial score (nSPS) is 13.7. The molecule has 0 amide bonds. The molecule has 1 aromatic heterocycles. The van der Waals surface area contributed by atoms with E-state index in [0.717, 1.165) is 12.3 Å². The van der Waals surface area contributed by atoms with Crippen LogP contribution in [0.3, 0.4) is 0 Å². The zero-order valence-corrected chi connectivity index (χ0v) is 7.95. The molecule has 1 N–H and O–H groups in total. The lowest BCUT2D eigenvalue weighted by molar-refractivity contribution is -0.141. The lowest BCUT2D eigenvalue weighted by Gasteiger charge is -2.12. The Kier molecular flexibility index (Phi) is 3.52. The molecule has 0 aliphatic heterocycles. The van der Waals surface area contributed by atoms with E-state index >= 15 is 0 Å². The quantitative estimate of drug-likeness (QED) is 0.847. The Morgan fingerprint density at radius 3 is 2.53 bits per heavy atom. The van der Waals surface area contributed by atoms with Gasteiger partial charge in [0.1, 0.15) is 17.5 Å². The van der Waals surface area contributed by atoms with E-state index in [9.17, 15) is 13.2 Å². The van der Waals surface area contributed by atoms with Crippen molar-refractivity contribution in [2.45, 2.75) is 19.2 Å². The topological polar surface area (TPSA) is 42.4 Å². The molecule has 15 heavy (non-hydrogen) atoms. The third-order valence-electron chi connectivity index (χ3n) is 1.62. The van der Waals surface area contributed by atoms with Gasteiger partial charge in [0.05, 0.1) is 12.8 Å². The first-order valence-corrected chi connectivity index (χ1v) is 4.24. The lowest BCUT2D eigenvalue weighted by Crippen LogP contribution is -2.16. The van der Waals surface area contributed by atoms with Gasteiger partial charge in [-0.2, -0.15) is 13.2 Å². The third-order valence-corrected chi connectivity index (χ3v) is 1.62. The van der Waals surface area contributed by atoms with Gasteiger partial charge in [-0.1, -0.05) is 0 Å². The number of nitrogens with zero attached hydrogens (tertiary/aromatic N) is 1. The van der Waals surface area contributed by atoms with E-state index in [1.54, 1.807) is 6.92 Å². The molecule has 0 aliphatic carbocycles. The molecule has 0 aliphatic rings. The number of rotatable bonds is 3. The molecule has 1 atom stereocenters. The second-order valence-corrected chi connectivity index (χ2v) is 2.99. The highest BCUT2D eigenvalue weighted by Gasteiger charge is 2.32. The Labute approximate surface area is 84.5 Å². The predicted octanol–water partition coefficient (Wildman–Crippen LogP) is 1.86. The molecule has 1 heterocycles. The average Bonchev–Trinajstić information content (AvgIpc) is 2.17. The first-order valence-electron chi connectivity index (χ1n) is 4.24. The number of ether oxygens (including phenoxy) is 1. The van der Waals surface area contributed by atoms with Crippen LogP contribution in [0.15, 0.2) is 18.3 Å². The highest BCUT2D eigenvalue weighted by atomic mass is 19.4. The molecule has 1 unspecified atom stereocenters. The van der Waals surface area contributed by atoms with Crippen molar-refractivity contribution in [3.8, 4) is 5.75 Å². The van der Waals surface area contributed by atoms with Crippen molar-refractivity contribution >= 4 is 0 Å². The smallest absolute Gasteiger partial charge is 0.433 e. The second-order valence-electron chi connectivity index (χ2n) is 2.99. The predicted molar refractivity (Wildman–Crippen MR) is 46.4 cm³/mol. The fraction of sp³-hybridized carbons (Fsp3) is 0.444. The van der Waals surface area contributed by atoms with Crippen molar-refractivity contribution in [2.75, 3.05) is 6.61 Å². The number of halogens is 3. The monoisotopic (exact) mass is 221 g/mol. The van der Waals surface area contributed by atoms with Crippen molar-refractivity contribution in [1.29, 1.82) is 0 Å². The van der Waals surface area contributed by atoms with Gasteiger partial charge < -0.3 is 9.84 Å². The molecular weight excluding hydrogens is 211 g/mol. The Hall–Kier alpha value is -1.30. The number of aliphatic hydroxyl groups excluding tert-OH is 1. The number of hydrogen-bond donors (Lipinski definition) is 1. The van der Waals surface area contributed by atoms with Gasteiger partial charge in [-0.05, 0) is 19.1 Å². The molecule has 1 rings (SSSR count). The molecule has 0 bridgehead atoms. The highest BCUT2D eigenvalue weighted by Crippen LogP contribution is 2.28. The molecule has 0 saturated carbocycles. The van der Waals surface area contributed by atoms with Gasteiger partial charge in [-0.15, -0.1) is 0 Å². The van der Waals surface area contributed by atoms with E-state index in [1.807, 2.05) is 0 Å². The number of pyridine rings is 1. The summed E-state index contributed by atoms with van der Waals surface area (Å²) in [6.07, 6.45) is -3.93. The summed E-state index contributed by atoms with van der Waals surface area (Å²) in [6.45, 7) is 1.39. The molecule has 84 valence electrons. The molecule has 0 radical (unpaired) electrons. The summed E-state index contributed by atoms with van der Waals surface area (Å²) in [4.78, 5) is 3.21. The number of aromatic nitrogens is 1. The summed E-state index contributed by atoms with van der Waals surface area (Å²) >= 11 is 0. The fourth-order valence-corrected chi connectivity index (χ4v) is 0.887. The maximum absolute atomic E-state index is 12.1. The van der Waals surface area contributed by atoms with Crippen LogP contribution in [0, 0.1) is 0 Å². The first-order chi connectivity index (χ1) is 6.93. The van der Waals surface area contributed by atoms with Crippen LogP contribution >= 0.6 is 0 Å². The summed E-state index contributed by atoms with van der Waals surface area (Å²) in [5, 5.41) is 8.65. The Bertz CT molecular complexity index is 310. The number of alkyl halides is 3. The lowest BCUT2D eigenvalue weighted by atomic mass is 10.3. The van der Waals surface area contributed by atoms with Crippen LogP contribution < -0.4 is 4.74 Å². The van der Waals surface area contributed by atoms with Crippen LogP contribution in [-0.4, -0.2) is 22.8 Å². The standard InChI is InChI=1S/C9H10F3NO2/c1-6(5-14)15-7-2-3-8(13-4-7)9(10,11)12/h2-4,6,14H,5H2,1H3. The van der Waals surface area contributed by atoms with Crippen LogP contribution in [0.2, 0.25) is 0 Å². The zero-order valence-electron chi connectivity index (χ0n) is 7.95. The van der Waals surface area contributed by atoms with Crippen LogP contribution in [0.5, 0.6) is 5.75 Å². The average molecular weight is 221 g/mol. The Balaban J connectivity index is 2.73. The molecule has 6 heteroatoms. The first kappa shape index (κ1) is 11.8. The molecule has 0 fully saturated rings. The van der Waals surface area contributed by atoms with Crippen molar-refractivity contribution in [3.63, 3.8) is 0 Å². The fourth-order valence-electron chi connectivity index (χ4n) is 0.887. The zero-order chi connectivity index (χ0) is 11.5. The summed E-state index contributed by atoms with van der Waals surface area (Å²) in [5.41, 5.74) is -0.966. The van der Waals surface area contributed by atoms with E-state index in [2.05, 4.69) is 4.98 Å². The van der Waals surface area contributed by atoms with Gasteiger partial charge in [-0.25, -0.2) is 4.98 Å². The second kappa shape index (κ2) is 4.48. The van der Waals surface area contributed by atoms with Crippen LogP contribution in [0.25, 0.3) is 0 Å². The van der Waals surface area contributed by atoms with Crippen molar-refractivity contribution < 1.29 is 23.0 Å². The summed E-state index contributed by atoms with van der Waals surface area (Å²) in [5.74, 6) is 0.199. The Morgan fingerprint density at radius 2 is 2.13 bits per heavy atom. The summed E-state index contributed by atoms with van der Waals surface area (Å²) < 4.78 is 41.4. The number of aliphatic hydroxyl groups is 1. The van der Waals surface area contributed by atoms with E-state index in [4.69, 9.17) is 9.84 Å². The van der Waals surface area contributed by atoms with Crippen molar-refractivity contribution in [3.05, 3.63) is 24.0 Å². The van der Waals surface area contributed by atoms with Crippen molar-refractivity contribution in [2.24, 2.45) is 0 Å². The molecule has 0 spiro atoms. The highest BCUT2D eigenvalue weighted by molar-refractivity contribution is 5.21. The van der Waals surface area contributed by atoms with E-state index in [-0.39, 0.29) is 12.4 Å². The van der Waals surface area contributed by atoms with Gasteiger partial charge in [-0.3, -0.25) is 0 Å². The van der Waals surface area contributed by atoms with Gasteiger partial charge in [0.15, 0.2) is 0 Å². The van der Waals surface area contributed by atoms with E-state index in [0.29, 0.717) is 0 Å². The van der Waals surface area contributed by atoms with Crippen LogP contribution in [-0.2, 0) is 6.18 Å². The third kappa shape index (κ3) is 3.39. The van der Waals surface area contributed by atoms with Gasteiger partial charge in [0.2, 0.25) is 0 Å².